The minimum Gasteiger partial charge on any atom is -0.339 e. The van der Waals surface area contributed by atoms with Crippen LogP contribution in [0.15, 0.2) is 41.8 Å². The smallest absolute Gasteiger partial charge is 0.227 e. The van der Waals surface area contributed by atoms with E-state index in [1.807, 2.05) is 52.4 Å². The predicted molar refractivity (Wildman–Crippen MR) is 101 cm³/mol. The van der Waals surface area contributed by atoms with Gasteiger partial charge in [-0.3, -0.25) is 9.59 Å². The molecule has 2 amide bonds. The average molecular weight is 356 g/mol. The van der Waals surface area contributed by atoms with Crippen molar-refractivity contribution in [1.82, 2.24) is 9.80 Å². The Hall–Kier alpha value is -2.14. The number of hydrogen-bond donors (Lipinski definition) is 0. The van der Waals surface area contributed by atoms with Crippen LogP contribution in [0.2, 0.25) is 0 Å². The van der Waals surface area contributed by atoms with Crippen LogP contribution in [0.1, 0.15) is 22.4 Å². The highest BCUT2D eigenvalue weighted by molar-refractivity contribution is 7.09. The quantitative estimate of drug-likeness (QED) is 0.826. The highest BCUT2D eigenvalue weighted by atomic mass is 32.1. The van der Waals surface area contributed by atoms with Crippen molar-refractivity contribution in [3.63, 3.8) is 0 Å². The Bertz CT molecular complexity index is 719. The topological polar surface area (TPSA) is 40.6 Å². The van der Waals surface area contributed by atoms with Crippen LogP contribution in [0.4, 0.5) is 0 Å². The highest BCUT2D eigenvalue weighted by Crippen LogP contribution is 2.14. The molecule has 4 nitrogen and oxygen atoms in total. The third kappa shape index (κ3) is 4.69. The minimum atomic E-state index is 0.153. The molecule has 25 heavy (non-hydrogen) atoms. The molecule has 5 heteroatoms. The van der Waals surface area contributed by atoms with E-state index in [1.54, 1.807) is 11.3 Å². The third-order valence-electron chi connectivity index (χ3n) is 4.75. The maximum Gasteiger partial charge on any atom is 0.227 e. The van der Waals surface area contributed by atoms with Crippen LogP contribution in [0.25, 0.3) is 0 Å². The number of nitrogens with zero attached hydrogens (tertiary/aromatic N) is 2. The number of hydrogen-bond acceptors (Lipinski definition) is 3. The lowest BCUT2D eigenvalue weighted by Crippen LogP contribution is -2.51. The maximum atomic E-state index is 12.5. The van der Waals surface area contributed by atoms with Crippen molar-refractivity contribution in [3.05, 3.63) is 57.8 Å². The molecular formula is C20H24N2O2S. The number of aryl methyl sites for hydroxylation is 2. The van der Waals surface area contributed by atoms with Gasteiger partial charge in [-0.15, -0.1) is 11.3 Å². The first-order valence-corrected chi connectivity index (χ1v) is 9.64. The second kappa shape index (κ2) is 8.30. The summed E-state index contributed by atoms with van der Waals surface area (Å²) in [5.41, 5.74) is 2.24. The fraction of sp³-hybridized carbons (Fsp3) is 0.400. The second-order valence-electron chi connectivity index (χ2n) is 6.44. The van der Waals surface area contributed by atoms with Crippen LogP contribution in [-0.2, 0) is 22.4 Å². The van der Waals surface area contributed by atoms with Gasteiger partial charge in [-0.05, 0) is 35.9 Å². The van der Waals surface area contributed by atoms with E-state index in [0.717, 1.165) is 17.5 Å². The van der Waals surface area contributed by atoms with E-state index < -0.39 is 0 Å². The Kier molecular flexibility index (Phi) is 5.87. The van der Waals surface area contributed by atoms with Gasteiger partial charge in [0.15, 0.2) is 0 Å². The molecule has 0 radical (unpaired) electrons. The van der Waals surface area contributed by atoms with Crippen molar-refractivity contribution >= 4 is 23.2 Å². The van der Waals surface area contributed by atoms with Gasteiger partial charge in [-0.2, -0.15) is 0 Å². The lowest BCUT2D eigenvalue weighted by atomic mass is 10.1. The monoisotopic (exact) mass is 356 g/mol. The molecule has 0 saturated carbocycles. The standard InChI is InChI=1S/C20H24N2O2S/c1-16-5-2-3-6-17(16)15-20(24)22-12-10-21(11-13-22)19(23)9-8-18-7-4-14-25-18/h2-7,14H,8-13,15H2,1H3. The molecule has 0 atom stereocenters. The number of carbonyl (C=O) groups excluding carboxylic acids is 2. The van der Waals surface area contributed by atoms with E-state index in [1.165, 1.54) is 4.88 Å². The average Bonchev–Trinajstić information content (AvgIpc) is 3.15. The van der Waals surface area contributed by atoms with Gasteiger partial charge >= 0.3 is 0 Å². The molecule has 0 spiro atoms. The largest absolute Gasteiger partial charge is 0.339 e. The van der Waals surface area contributed by atoms with Crippen molar-refractivity contribution in [3.8, 4) is 0 Å². The van der Waals surface area contributed by atoms with Crippen molar-refractivity contribution in [2.75, 3.05) is 26.2 Å². The van der Waals surface area contributed by atoms with Crippen LogP contribution in [0.3, 0.4) is 0 Å². The van der Waals surface area contributed by atoms with E-state index in [9.17, 15) is 9.59 Å². The van der Waals surface area contributed by atoms with Crippen molar-refractivity contribution < 1.29 is 9.59 Å². The summed E-state index contributed by atoms with van der Waals surface area (Å²) < 4.78 is 0. The molecule has 1 aromatic carbocycles. The molecule has 1 saturated heterocycles. The molecular weight excluding hydrogens is 332 g/mol. The molecule has 1 fully saturated rings. The molecule has 0 bridgehead atoms. The molecule has 1 aliphatic heterocycles. The molecule has 0 unspecified atom stereocenters. The Morgan fingerprint density at radius 2 is 1.64 bits per heavy atom. The Labute approximate surface area is 153 Å². The first-order valence-electron chi connectivity index (χ1n) is 8.76. The summed E-state index contributed by atoms with van der Waals surface area (Å²) in [5, 5.41) is 2.04. The van der Waals surface area contributed by atoms with Gasteiger partial charge in [0.25, 0.3) is 0 Å². The fourth-order valence-corrected chi connectivity index (χ4v) is 3.84. The van der Waals surface area contributed by atoms with Crippen LogP contribution in [-0.4, -0.2) is 47.8 Å². The summed E-state index contributed by atoms with van der Waals surface area (Å²) >= 11 is 1.69. The summed E-state index contributed by atoms with van der Waals surface area (Å²) in [6.07, 6.45) is 1.81. The normalized spacial score (nSPS) is 14.6. The van der Waals surface area contributed by atoms with Crippen molar-refractivity contribution in [2.45, 2.75) is 26.2 Å². The van der Waals surface area contributed by atoms with E-state index in [0.29, 0.717) is 39.0 Å². The molecule has 1 aromatic heterocycles. The van der Waals surface area contributed by atoms with Crippen LogP contribution >= 0.6 is 11.3 Å². The van der Waals surface area contributed by atoms with Crippen molar-refractivity contribution in [2.24, 2.45) is 0 Å². The number of carbonyl (C=O) groups is 2. The summed E-state index contributed by atoms with van der Waals surface area (Å²) in [4.78, 5) is 29.9. The van der Waals surface area contributed by atoms with Crippen LogP contribution < -0.4 is 0 Å². The van der Waals surface area contributed by atoms with Gasteiger partial charge in [0, 0.05) is 37.5 Å². The molecule has 3 rings (SSSR count). The van der Waals surface area contributed by atoms with Gasteiger partial charge in [-0.1, -0.05) is 30.3 Å². The number of thiophene rings is 1. The summed E-state index contributed by atoms with van der Waals surface area (Å²) in [7, 11) is 0. The number of benzene rings is 1. The SMILES string of the molecule is Cc1ccccc1CC(=O)N1CCN(C(=O)CCc2cccs2)CC1. The molecule has 2 aromatic rings. The maximum absolute atomic E-state index is 12.5. The van der Waals surface area contributed by atoms with E-state index in [2.05, 4.69) is 6.07 Å². The highest BCUT2D eigenvalue weighted by Gasteiger charge is 2.24. The van der Waals surface area contributed by atoms with Crippen molar-refractivity contribution in [1.29, 1.82) is 0 Å². The summed E-state index contributed by atoms with van der Waals surface area (Å²) in [6.45, 7) is 4.59. The number of rotatable bonds is 5. The molecule has 0 N–H and O–H groups in total. The van der Waals surface area contributed by atoms with Gasteiger partial charge < -0.3 is 9.80 Å². The zero-order valence-electron chi connectivity index (χ0n) is 14.6. The first kappa shape index (κ1) is 17.7. The van der Waals surface area contributed by atoms with E-state index in [4.69, 9.17) is 0 Å². The zero-order valence-corrected chi connectivity index (χ0v) is 15.4. The summed E-state index contributed by atoms with van der Waals surface area (Å²) in [5.74, 6) is 0.347. The first-order chi connectivity index (χ1) is 12.1. The Balaban J connectivity index is 1.45. The fourth-order valence-electron chi connectivity index (χ4n) is 3.13. The lowest BCUT2D eigenvalue weighted by molar-refractivity contribution is -0.139. The molecule has 0 aliphatic carbocycles. The van der Waals surface area contributed by atoms with Gasteiger partial charge in [0.2, 0.25) is 11.8 Å². The van der Waals surface area contributed by atoms with E-state index in [-0.39, 0.29) is 11.8 Å². The lowest BCUT2D eigenvalue weighted by Gasteiger charge is -2.35. The van der Waals surface area contributed by atoms with Gasteiger partial charge in [0.05, 0.1) is 6.42 Å². The van der Waals surface area contributed by atoms with Gasteiger partial charge in [0.1, 0.15) is 0 Å². The molecule has 132 valence electrons. The third-order valence-corrected chi connectivity index (χ3v) is 5.69. The second-order valence-corrected chi connectivity index (χ2v) is 7.48. The number of amides is 2. The van der Waals surface area contributed by atoms with Crippen LogP contribution in [0.5, 0.6) is 0 Å². The Morgan fingerprint density at radius 1 is 0.960 bits per heavy atom. The minimum absolute atomic E-state index is 0.153. The zero-order chi connectivity index (χ0) is 17.6. The van der Waals surface area contributed by atoms with E-state index >= 15 is 0 Å². The number of piperazine rings is 1. The Morgan fingerprint density at radius 3 is 2.28 bits per heavy atom. The predicted octanol–water partition coefficient (Wildman–Crippen LogP) is 2.90. The molecule has 2 heterocycles. The van der Waals surface area contributed by atoms with Gasteiger partial charge in [-0.25, -0.2) is 0 Å². The summed E-state index contributed by atoms with van der Waals surface area (Å²) in [6, 6.07) is 12.1. The molecule has 1 aliphatic rings. The van der Waals surface area contributed by atoms with Crippen LogP contribution in [0, 0.1) is 6.92 Å².